The summed E-state index contributed by atoms with van der Waals surface area (Å²) in [4.78, 5) is 17.2. The molecule has 35 heavy (non-hydrogen) atoms. The number of sulfonamides is 1. The van der Waals surface area contributed by atoms with Crippen molar-refractivity contribution in [3.63, 3.8) is 0 Å². The monoisotopic (exact) mass is 547 g/mol. The molecule has 0 aliphatic heterocycles. The Morgan fingerprint density at radius 2 is 1.94 bits per heavy atom. The topological polar surface area (TPSA) is 79.4 Å². The number of thiazole rings is 1. The molecule has 4 rings (SSSR count). The van der Waals surface area contributed by atoms with Crippen molar-refractivity contribution in [3.8, 4) is 0 Å². The largest absolute Gasteiger partial charge is 0.322 e. The predicted octanol–water partition coefficient (Wildman–Crippen LogP) is 6.44. The smallest absolute Gasteiger partial charge is 0.266 e. The lowest BCUT2D eigenvalue weighted by atomic mass is 10.2. The number of anilines is 2. The minimum Gasteiger partial charge on any atom is -0.322 e. The van der Waals surface area contributed by atoms with Crippen LogP contribution < -0.4 is 9.62 Å². The van der Waals surface area contributed by atoms with E-state index in [1.54, 1.807) is 17.8 Å². The number of carbonyl (C=O) groups excluding carboxylic acids is 1. The van der Waals surface area contributed by atoms with Gasteiger partial charge in [-0.15, -0.1) is 17.9 Å². The highest BCUT2D eigenvalue weighted by Gasteiger charge is 2.27. The zero-order valence-electron chi connectivity index (χ0n) is 18.4. The Kier molecular flexibility index (Phi) is 7.46. The van der Waals surface area contributed by atoms with Gasteiger partial charge in [0.25, 0.3) is 15.9 Å². The van der Waals surface area contributed by atoms with E-state index >= 15 is 0 Å². The van der Waals surface area contributed by atoms with Gasteiger partial charge in [0, 0.05) is 11.3 Å². The first kappa shape index (κ1) is 25.2. The zero-order valence-corrected chi connectivity index (χ0v) is 21.6. The number of halogens is 2. The van der Waals surface area contributed by atoms with E-state index in [2.05, 4.69) is 16.9 Å². The van der Waals surface area contributed by atoms with Gasteiger partial charge >= 0.3 is 0 Å². The number of thioether (sulfide) groups is 1. The van der Waals surface area contributed by atoms with Gasteiger partial charge in [-0.3, -0.25) is 9.10 Å². The van der Waals surface area contributed by atoms with Gasteiger partial charge in [-0.2, -0.15) is 0 Å². The van der Waals surface area contributed by atoms with Crippen LogP contribution in [0.15, 0.2) is 82.6 Å². The molecule has 0 unspecified atom stereocenters. The fourth-order valence-corrected chi connectivity index (χ4v) is 6.77. The summed E-state index contributed by atoms with van der Waals surface area (Å²) < 4.78 is 43.3. The molecule has 6 nitrogen and oxygen atoms in total. The molecule has 0 saturated heterocycles. The Hall–Kier alpha value is -2.92. The summed E-state index contributed by atoms with van der Waals surface area (Å²) >= 11 is 9.31. The molecule has 4 aromatic rings. The van der Waals surface area contributed by atoms with E-state index in [4.69, 9.17) is 11.6 Å². The van der Waals surface area contributed by atoms with Gasteiger partial charge in [0.15, 0.2) is 4.34 Å². The summed E-state index contributed by atoms with van der Waals surface area (Å²) in [6, 6.07) is 14.4. The van der Waals surface area contributed by atoms with Crippen molar-refractivity contribution in [2.45, 2.75) is 9.24 Å². The van der Waals surface area contributed by atoms with Gasteiger partial charge < -0.3 is 5.32 Å². The summed E-state index contributed by atoms with van der Waals surface area (Å²) in [7, 11) is -4.20. The number of hydrogen-bond acceptors (Lipinski definition) is 6. The molecule has 0 aliphatic rings. The molecule has 1 amide bonds. The van der Waals surface area contributed by atoms with Crippen LogP contribution in [-0.2, 0) is 10.0 Å². The Bertz CT molecular complexity index is 1520. The lowest BCUT2D eigenvalue weighted by Crippen LogP contribution is -2.31. The van der Waals surface area contributed by atoms with Crippen molar-refractivity contribution < 1.29 is 17.6 Å². The minimum atomic E-state index is -4.20. The Morgan fingerprint density at radius 3 is 2.63 bits per heavy atom. The molecule has 0 fully saturated rings. The number of aromatic nitrogens is 1. The summed E-state index contributed by atoms with van der Waals surface area (Å²) in [5.74, 6) is -0.994. The summed E-state index contributed by atoms with van der Waals surface area (Å²) in [5, 5.41) is 2.74. The van der Waals surface area contributed by atoms with Crippen LogP contribution in [0.4, 0.5) is 15.8 Å². The number of amides is 1. The first-order chi connectivity index (χ1) is 16.7. The summed E-state index contributed by atoms with van der Waals surface area (Å²) in [6.07, 6.45) is 3.35. The van der Waals surface area contributed by atoms with Crippen LogP contribution in [0.1, 0.15) is 10.4 Å². The molecule has 1 heterocycles. The van der Waals surface area contributed by atoms with Gasteiger partial charge in [-0.1, -0.05) is 29.4 Å². The molecule has 0 saturated carbocycles. The van der Waals surface area contributed by atoms with Crippen LogP contribution in [0.25, 0.3) is 10.2 Å². The molecule has 1 N–H and O–H groups in total. The molecular formula is C24H19ClFN3O3S3. The van der Waals surface area contributed by atoms with E-state index in [0.717, 1.165) is 31.0 Å². The van der Waals surface area contributed by atoms with Gasteiger partial charge in [0.2, 0.25) is 0 Å². The van der Waals surface area contributed by atoms with Crippen LogP contribution in [-0.4, -0.2) is 32.1 Å². The zero-order chi connectivity index (χ0) is 25.2. The standard InChI is InChI=1S/C24H19ClFN3O3S3/c1-3-12-29(18-8-5-16(26)6-9-18)35(31,32)22-13-15(4-10-19(22)25)23(30)27-17-7-11-20-21(14-17)34-24(28-20)33-2/h3-11,13-14H,1,12H2,2H3,(H,27,30). The predicted molar refractivity (Wildman–Crippen MR) is 142 cm³/mol. The van der Waals surface area contributed by atoms with Gasteiger partial charge in [-0.25, -0.2) is 17.8 Å². The first-order valence-electron chi connectivity index (χ1n) is 10.2. The number of rotatable bonds is 8. The number of nitrogens with zero attached hydrogens (tertiary/aromatic N) is 2. The molecule has 180 valence electrons. The van der Waals surface area contributed by atoms with Crippen LogP contribution in [0.3, 0.4) is 0 Å². The normalized spacial score (nSPS) is 11.4. The molecule has 0 aliphatic carbocycles. The third kappa shape index (κ3) is 5.35. The highest BCUT2D eigenvalue weighted by Crippen LogP contribution is 2.32. The van der Waals surface area contributed by atoms with E-state index in [1.165, 1.54) is 47.7 Å². The van der Waals surface area contributed by atoms with Crippen molar-refractivity contribution >= 4 is 72.2 Å². The van der Waals surface area contributed by atoms with Crippen molar-refractivity contribution in [1.82, 2.24) is 4.98 Å². The maximum absolute atomic E-state index is 13.5. The lowest BCUT2D eigenvalue weighted by molar-refractivity contribution is 0.102. The molecule has 0 radical (unpaired) electrons. The minimum absolute atomic E-state index is 0.0478. The summed E-state index contributed by atoms with van der Waals surface area (Å²) in [5.41, 5.74) is 1.73. The second-order valence-electron chi connectivity index (χ2n) is 7.27. The SMILES string of the molecule is C=CCN(c1ccc(F)cc1)S(=O)(=O)c1cc(C(=O)Nc2ccc3nc(SC)sc3c2)ccc1Cl. The van der Waals surface area contributed by atoms with Crippen LogP contribution >= 0.6 is 34.7 Å². The third-order valence-corrected chi connectivity index (χ3v) is 9.25. The van der Waals surface area contributed by atoms with Crippen LogP contribution in [0.2, 0.25) is 5.02 Å². The number of carbonyl (C=O) groups is 1. The van der Waals surface area contributed by atoms with E-state index in [9.17, 15) is 17.6 Å². The fourth-order valence-electron chi connectivity index (χ4n) is 3.30. The van der Waals surface area contributed by atoms with E-state index in [0.29, 0.717) is 5.69 Å². The quantitative estimate of drug-likeness (QED) is 0.203. The maximum atomic E-state index is 13.5. The van der Waals surface area contributed by atoms with Crippen LogP contribution in [0.5, 0.6) is 0 Å². The molecule has 0 bridgehead atoms. The van der Waals surface area contributed by atoms with Gasteiger partial charge in [0.05, 0.1) is 27.5 Å². The molecule has 11 heteroatoms. The second-order valence-corrected chi connectivity index (χ2v) is 11.6. The van der Waals surface area contributed by atoms with Crippen molar-refractivity contribution in [2.75, 3.05) is 22.4 Å². The number of benzene rings is 3. The molecule has 0 atom stereocenters. The van der Waals surface area contributed by atoms with E-state index in [1.807, 2.05) is 18.4 Å². The number of hydrogen-bond donors (Lipinski definition) is 1. The maximum Gasteiger partial charge on any atom is 0.266 e. The number of nitrogens with one attached hydrogen (secondary N) is 1. The van der Waals surface area contributed by atoms with E-state index in [-0.39, 0.29) is 27.7 Å². The molecule has 3 aromatic carbocycles. The van der Waals surface area contributed by atoms with Crippen molar-refractivity contribution in [2.24, 2.45) is 0 Å². The average Bonchev–Trinajstić information content (AvgIpc) is 3.26. The molecular weight excluding hydrogens is 529 g/mol. The van der Waals surface area contributed by atoms with E-state index < -0.39 is 21.7 Å². The second kappa shape index (κ2) is 10.4. The Morgan fingerprint density at radius 1 is 1.20 bits per heavy atom. The number of fused-ring (bicyclic) bond motifs is 1. The van der Waals surface area contributed by atoms with Crippen molar-refractivity contribution in [3.05, 3.63) is 89.7 Å². The Labute approximate surface area is 215 Å². The molecule has 0 spiro atoms. The van der Waals surface area contributed by atoms with Gasteiger partial charge in [-0.05, 0) is 66.9 Å². The fraction of sp³-hybridized carbons (Fsp3) is 0.0833. The van der Waals surface area contributed by atoms with Crippen molar-refractivity contribution in [1.29, 1.82) is 0 Å². The third-order valence-electron chi connectivity index (χ3n) is 4.97. The average molecular weight is 548 g/mol. The van der Waals surface area contributed by atoms with Gasteiger partial charge in [0.1, 0.15) is 10.7 Å². The lowest BCUT2D eigenvalue weighted by Gasteiger charge is -2.24. The molecule has 1 aromatic heterocycles. The highest BCUT2D eigenvalue weighted by atomic mass is 35.5. The summed E-state index contributed by atoms with van der Waals surface area (Å²) in [6.45, 7) is 3.54. The Balaban J connectivity index is 1.66. The highest BCUT2D eigenvalue weighted by molar-refractivity contribution is 8.00. The van der Waals surface area contributed by atoms with Crippen LogP contribution in [0, 0.1) is 5.82 Å². The first-order valence-corrected chi connectivity index (χ1v) is 14.0.